The maximum absolute atomic E-state index is 11.4. The Balaban J connectivity index is 2.18. The fraction of sp³-hybridized carbons (Fsp3) is 0.143. The molecular formula is C14H14N4O3. The predicted molar refractivity (Wildman–Crippen MR) is 75.9 cm³/mol. The van der Waals surface area contributed by atoms with Gasteiger partial charge in [0, 0.05) is 7.05 Å². The van der Waals surface area contributed by atoms with Crippen LogP contribution in [-0.2, 0) is 4.79 Å². The number of amides is 1. The molecule has 0 spiro atoms. The molecule has 0 fully saturated rings. The molecule has 1 heterocycles. The molecule has 2 rings (SSSR count). The van der Waals surface area contributed by atoms with E-state index in [-0.39, 0.29) is 17.4 Å². The van der Waals surface area contributed by atoms with Crippen LogP contribution in [0.4, 0.5) is 5.82 Å². The second-order valence-electron chi connectivity index (χ2n) is 4.21. The summed E-state index contributed by atoms with van der Waals surface area (Å²) in [4.78, 5) is 22.7. The van der Waals surface area contributed by atoms with Crippen LogP contribution in [0.2, 0.25) is 0 Å². The fourth-order valence-corrected chi connectivity index (χ4v) is 1.74. The van der Waals surface area contributed by atoms with E-state index in [4.69, 9.17) is 0 Å². The monoisotopic (exact) mass is 286 g/mol. The Bertz CT molecular complexity index is 628. The van der Waals surface area contributed by atoms with E-state index in [9.17, 15) is 14.7 Å². The molecule has 0 saturated heterocycles. The lowest BCUT2D eigenvalue weighted by Gasteiger charge is -2.15. The lowest BCUT2D eigenvalue weighted by atomic mass is 10.1. The Labute approximate surface area is 121 Å². The SMILES string of the molecule is CNC(=O)c1ccc(NC(C(=O)O)c2ccccc2)nn1. The third-order valence-electron chi connectivity index (χ3n) is 2.80. The Hall–Kier alpha value is -2.96. The van der Waals surface area contributed by atoms with Gasteiger partial charge >= 0.3 is 5.97 Å². The molecule has 0 radical (unpaired) electrons. The van der Waals surface area contributed by atoms with Gasteiger partial charge in [-0.3, -0.25) is 4.79 Å². The van der Waals surface area contributed by atoms with Crippen LogP contribution in [0.15, 0.2) is 42.5 Å². The first-order valence-corrected chi connectivity index (χ1v) is 6.22. The van der Waals surface area contributed by atoms with Gasteiger partial charge in [-0.1, -0.05) is 30.3 Å². The van der Waals surface area contributed by atoms with Crippen molar-refractivity contribution in [3.63, 3.8) is 0 Å². The Morgan fingerprint density at radius 2 is 1.81 bits per heavy atom. The number of benzene rings is 1. The zero-order valence-electron chi connectivity index (χ0n) is 11.3. The van der Waals surface area contributed by atoms with Crippen LogP contribution in [0.3, 0.4) is 0 Å². The highest BCUT2D eigenvalue weighted by molar-refractivity contribution is 5.91. The van der Waals surface area contributed by atoms with E-state index in [2.05, 4.69) is 20.8 Å². The Morgan fingerprint density at radius 1 is 1.10 bits per heavy atom. The number of nitrogens with zero attached hydrogens (tertiary/aromatic N) is 2. The number of rotatable bonds is 5. The van der Waals surface area contributed by atoms with Crippen LogP contribution in [0.1, 0.15) is 22.1 Å². The van der Waals surface area contributed by atoms with Crippen molar-refractivity contribution in [1.29, 1.82) is 0 Å². The van der Waals surface area contributed by atoms with Gasteiger partial charge in [0.2, 0.25) is 0 Å². The lowest BCUT2D eigenvalue weighted by molar-refractivity contribution is -0.138. The maximum atomic E-state index is 11.4. The minimum atomic E-state index is -1.03. The largest absolute Gasteiger partial charge is 0.479 e. The third-order valence-corrected chi connectivity index (χ3v) is 2.80. The van der Waals surface area contributed by atoms with Gasteiger partial charge in [-0.15, -0.1) is 10.2 Å². The molecule has 1 atom stereocenters. The van der Waals surface area contributed by atoms with Crippen molar-refractivity contribution in [3.05, 3.63) is 53.7 Å². The van der Waals surface area contributed by atoms with Crippen LogP contribution in [0.5, 0.6) is 0 Å². The molecular weight excluding hydrogens is 272 g/mol. The van der Waals surface area contributed by atoms with Crippen LogP contribution in [0, 0.1) is 0 Å². The molecule has 3 N–H and O–H groups in total. The first-order chi connectivity index (χ1) is 10.1. The standard InChI is InChI=1S/C14H14N4O3/c1-15-13(19)10-7-8-11(18-17-10)16-12(14(20)21)9-5-3-2-4-6-9/h2-8,12H,1H3,(H,15,19)(H,16,18)(H,20,21). The summed E-state index contributed by atoms with van der Waals surface area (Å²) in [7, 11) is 1.49. The topological polar surface area (TPSA) is 104 Å². The van der Waals surface area contributed by atoms with Crippen LogP contribution in [-0.4, -0.2) is 34.2 Å². The Kier molecular flexibility index (Phi) is 4.45. The molecule has 1 amide bonds. The second kappa shape index (κ2) is 6.47. The average Bonchev–Trinajstić information content (AvgIpc) is 2.53. The van der Waals surface area contributed by atoms with Crippen molar-refractivity contribution < 1.29 is 14.7 Å². The number of hydrogen-bond donors (Lipinski definition) is 3. The van der Waals surface area contributed by atoms with E-state index in [1.165, 1.54) is 19.2 Å². The molecule has 7 nitrogen and oxygen atoms in total. The molecule has 7 heteroatoms. The molecule has 21 heavy (non-hydrogen) atoms. The second-order valence-corrected chi connectivity index (χ2v) is 4.21. The van der Waals surface area contributed by atoms with Crippen molar-refractivity contribution in [2.24, 2.45) is 0 Å². The van der Waals surface area contributed by atoms with Gasteiger partial charge in [0.25, 0.3) is 5.91 Å². The predicted octanol–water partition coefficient (Wildman–Crippen LogP) is 1.07. The minimum Gasteiger partial charge on any atom is -0.479 e. The molecule has 0 aliphatic carbocycles. The molecule has 0 saturated carbocycles. The van der Waals surface area contributed by atoms with E-state index in [0.717, 1.165) is 0 Å². The summed E-state index contributed by atoms with van der Waals surface area (Å²) in [5.74, 6) is -1.11. The van der Waals surface area contributed by atoms with Crippen LogP contribution < -0.4 is 10.6 Å². The van der Waals surface area contributed by atoms with E-state index >= 15 is 0 Å². The molecule has 0 bridgehead atoms. The molecule has 1 aromatic heterocycles. The van der Waals surface area contributed by atoms with Gasteiger partial charge in [-0.25, -0.2) is 4.79 Å². The first kappa shape index (κ1) is 14.4. The van der Waals surface area contributed by atoms with Crippen LogP contribution >= 0.6 is 0 Å². The van der Waals surface area contributed by atoms with Gasteiger partial charge in [-0.2, -0.15) is 0 Å². The summed E-state index contributed by atoms with van der Waals surface area (Å²) in [5.41, 5.74) is 0.761. The number of carbonyl (C=O) groups excluding carboxylic acids is 1. The van der Waals surface area contributed by atoms with E-state index < -0.39 is 12.0 Å². The lowest BCUT2D eigenvalue weighted by Crippen LogP contribution is -2.22. The fourth-order valence-electron chi connectivity index (χ4n) is 1.74. The van der Waals surface area contributed by atoms with E-state index in [1.807, 2.05) is 0 Å². The zero-order valence-corrected chi connectivity index (χ0v) is 11.3. The number of anilines is 1. The van der Waals surface area contributed by atoms with E-state index in [1.54, 1.807) is 30.3 Å². The number of nitrogens with one attached hydrogen (secondary N) is 2. The van der Waals surface area contributed by atoms with Crippen molar-refractivity contribution in [2.75, 3.05) is 12.4 Å². The van der Waals surface area contributed by atoms with Crippen molar-refractivity contribution in [1.82, 2.24) is 15.5 Å². The summed E-state index contributed by atoms with van der Waals surface area (Å²) in [6, 6.07) is 10.8. The zero-order chi connectivity index (χ0) is 15.2. The molecule has 108 valence electrons. The number of carboxylic acids is 1. The number of hydrogen-bond acceptors (Lipinski definition) is 5. The number of carboxylic acid groups (broad SMARTS) is 1. The summed E-state index contributed by atoms with van der Waals surface area (Å²) < 4.78 is 0. The highest BCUT2D eigenvalue weighted by atomic mass is 16.4. The van der Waals surface area contributed by atoms with Gasteiger partial charge in [0.05, 0.1) is 0 Å². The molecule has 2 aromatic rings. The normalized spacial score (nSPS) is 11.5. The number of aromatic nitrogens is 2. The third kappa shape index (κ3) is 3.53. The highest BCUT2D eigenvalue weighted by Crippen LogP contribution is 2.18. The highest BCUT2D eigenvalue weighted by Gasteiger charge is 2.20. The number of aliphatic carboxylic acids is 1. The van der Waals surface area contributed by atoms with Crippen molar-refractivity contribution >= 4 is 17.7 Å². The number of carbonyl (C=O) groups is 2. The molecule has 0 aliphatic rings. The first-order valence-electron chi connectivity index (χ1n) is 6.22. The maximum Gasteiger partial charge on any atom is 0.330 e. The smallest absolute Gasteiger partial charge is 0.330 e. The van der Waals surface area contributed by atoms with Crippen LogP contribution in [0.25, 0.3) is 0 Å². The van der Waals surface area contributed by atoms with Gasteiger partial charge < -0.3 is 15.7 Å². The molecule has 0 aliphatic heterocycles. The summed E-state index contributed by atoms with van der Waals surface area (Å²) >= 11 is 0. The van der Waals surface area contributed by atoms with Gasteiger partial charge in [-0.05, 0) is 17.7 Å². The summed E-state index contributed by atoms with van der Waals surface area (Å²) in [6.07, 6.45) is 0. The van der Waals surface area contributed by atoms with Gasteiger partial charge in [0.1, 0.15) is 5.82 Å². The summed E-state index contributed by atoms with van der Waals surface area (Å²) in [5, 5.41) is 22.0. The molecule has 1 unspecified atom stereocenters. The van der Waals surface area contributed by atoms with E-state index in [0.29, 0.717) is 5.56 Å². The minimum absolute atomic E-state index is 0.162. The molecule has 1 aromatic carbocycles. The Morgan fingerprint density at radius 3 is 2.33 bits per heavy atom. The van der Waals surface area contributed by atoms with Gasteiger partial charge in [0.15, 0.2) is 11.7 Å². The average molecular weight is 286 g/mol. The van der Waals surface area contributed by atoms with Crippen molar-refractivity contribution in [3.8, 4) is 0 Å². The summed E-state index contributed by atoms with van der Waals surface area (Å²) in [6.45, 7) is 0. The quantitative estimate of drug-likeness (QED) is 0.759. The van der Waals surface area contributed by atoms with Crippen molar-refractivity contribution in [2.45, 2.75) is 6.04 Å².